The van der Waals surface area contributed by atoms with Gasteiger partial charge < -0.3 is 11.1 Å². The minimum Gasteiger partial charge on any atom is -0.393 e. The van der Waals surface area contributed by atoms with Crippen molar-refractivity contribution in [2.45, 2.75) is 52.4 Å². The molecule has 1 fully saturated rings. The van der Waals surface area contributed by atoms with Crippen LogP contribution in [0.1, 0.15) is 52.4 Å². The Morgan fingerprint density at radius 2 is 2.06 bits per heavy atom. The number of amides is 1. The SMILES string of the molecule is CCCC(C(=O)NCC1(C)CCCC1)C(N)=S. The van der Waals surface area contributed by atoms with Gasteiger partial charge in [0.2, 0.25) is 5.91 Å². The van der Waals surface area contributed by atoms with E-state index >= 15 is 0 Å². The third kappa shape index (κ3) is 4.26. The Bertz CT molecular complexity index is 285. The van der Waals surface area contributed by atoms with Crippen LogP contribution in [0, 0.1) is 11.3 Å². The first-order valence-corrected chi connectivity index (χ1v) is 6.96. The molecule has 0 radical (unpaired) electrons. The Hall–Kier alpha value is -0.640. The van der Waals surface area contributed by atoms with Gasteiger partial charge in [0.25, 0.3) is 0 Å². The van der Waals surface area contributed by atoms with Crippen molar-refractivity contribution in [2.24, 2.45) is 17.1 Å². The summed E-state index contributed by atoms with van der Waals surface area (Å²) in [4.78, 5) is 12.3. The number of hydrogen-bond donors (Lipinski definition) is 2. The molecule has 0 heterocycles. The first kappa shape index (κ1) is 14.4. The molecule has 0 spiro atoms. The van der Waals surface area contributed by atoms with Crippen molar-refractivity contribution < 1.29 is 4.79 Å². The quantitative estimate of drug-likeness (QED) is 0.717. The van der Waals surface area contributed by atoms with Crippen molar-refractivity contribution in [3.63, 3.8) is 0 Å². The Morgan fingerprint density at radius 3 is 2.53 bits per heavy atom. The lowest BCUT2D eigenvalue weighted by atomic mass is 9.88. The molecule has 0 saturated heterocycles. The molecule has 1 unspecified atom stereocenters. The summed E-state index contributed by atoms with van der Waals surface area (Å²) in [6.07, 6.45) is 6.64. The normalized spacial score (nSPS) is 19.9. The fourth-order valence-electron chi connectivity index (χ4n) is 2.52. The fourth-order valence-corrected chi connectivity index (χ4v) is 2.75. The Balaban J connectivity index is 2.44. The van der Waals surface area contributed by atoms with Crippen LogP contribution in [0.2, 0.25) is 0 Å². The first-order valence-electron chi connectivity index (χ1n) is 6.55. The minimum absolute atomic E-state index is 0.00692. The topological polar surface area (TPSA) is 55.1 Å². The van der Waals surface area contributed by atoms with Gasteiger partial charge in [0, 0.05) is 6.54 Å². The van der Waals surface area contributed by atoms with E-state index < -0.39 is 0 Å². The van der Waals surface area contributed by atoms with Gasteiger partial charge in [-0.3, -0.25) is 4.79 Å². The van der Waals surface area contributed by atoms with Crippen molar-refractivity contribution in [3.05, 3.63) is 0 Å². The number of rotatable bonds is 6. The molecule has 1 aliphatic carbocycles. The molecule has 1 rings (SSSR count). The number of carbonyl (C=O) groups excluding carboxylic acids is 1. The Morgan fingerprint density at radius 1 is 1.47 bits per heavy atom. The molecule has 0 bridgehead atoms. The molecule has 0 aliphatic heterocycles. The Kier molecular flexibility index (Phi) is 5.37. The van der Waals surface area contributed by atoms with E-state index in [1.807, 2.05) is 6.92 Å². The maximum Gasteiger partial charge on any atom is 0.229 e. The summed E-state index contributed by atoms with van der Waals surface area (Å²) in [5.41, 5.74) is 5.89. The highest BCUT2D eigenvalue weighted by molar-refractivity contribution is 7.80. The summed E-state index contributed by atoms with van der Waals surface area (Å²) in [5, 5.41) is 3.02. The largest absolute Gasteiger partial charge is 0.393 e. The van der Waals surface area contributed by atoms with Gasteiger partial charge in [-0.15, -0.1) is 0 Å². The summed E-state index contributed by atoms with van der Waals surface area (Å²) in [6.45, 7) is 5.04. The van der Waals surface area contributed by atoms with Gasteiger partial charge in [-0.2, -0.15) is 0 Å². The van der Waals surface area contributed by atoms with Gasteiger partial charge in [-0.05, 0) is 24.7 Å². The summed E-state index contributed by atoms with van der Waals surface area (Å²) in [5.74, 6) is -0.285. The highest BCUT2D eigenvalue weighted by Gasteiger charge is 2.30. The number of nitrogens with one attached hydrogen (secondary N) is 1. The van der Waals surface area contributed by atoms with Crippen molar-refractivity contribution in [2.75, 3.05) is 6.54 Å². The van der Waals surface area contributed by atoms with Gasteiger partial charge in [0.1, 0.15) is 0 Å². The molecule has 98 valence electrons. The second-order valence-electron chi connectivity index (χ2n) is 5.48. The highest BCUT2D eigenvalue weighted by Crippen LogP contribution is 2.36. The summed E-state index contributed by atoms with van der Waals surface area (Å²) >= 11 is 4.95. The molecule has 0 aromatic carbocycles. The molecular formula is C13H24N2OS. The number of carbonyl (C=O) groups is 1. The van der Waals surface area contributed by atoms with Crippen LogP contribution in [0.25, 0.3) is 0 Å². The molecule has 1 saturated carbocycles. The van der Waals surface area contributed by atoms with E-state index in [0.29, 0.717) is 4.99 Å². The predicted octanol–water partition coefficient (Wildman–Crippen LogP) is 2.39. The van der Waals surface area contributed by atoms with Crippen molar-refractivity contribution in [1.29, 1.82) is 0 Å². The van der Waals surface area contributed by atoms with E-state index in [9.17, 15) is 4.79 Å². The molecule has 17 heavy (non-hydrogen) atoms. The molecule has 3 nitrogen and oxygen atoms in total. The van der Waals surface area contributed by atoms with Crippen LogP contribution in [0.5, 0.6) is 0 Å². The van der Waals surface area contributed by atoms with Gasteiger partial charge in [-0.25, -0.2) is 0 Å². The van der Waals surface area contributed by atoms with E-state index in [1.54, 1.807) is 0 Å². The van der Waals surface area contributed by atoms with E-state index in [1.165, 1.54) is 25.7 Å². The van der Waals surface area contributed by atoms with Crippen LogP contribution in [-0.4, -0.2) is 17.4 Å². The highest BCUT2D eigenvalue weighted by atomic mass is 32.1. The van der Waals surface area contributed by atoms with E-state index in [0.717, 1.165) is 19.4 Å². The van der Waals surface area contributed by atoms with Gasteiger partial charge >= 0.3 is 0 Å². The fraction of sp³-hybridized carbons (Fsp3) is 0.846. The zero-order valence-electron chi connectivity index (χ0n) is 10.9. The summed E-state index contributed by atoms with van der Waals surface area (Å²) in [6, 6.07) is 0. The lowest BCUT2D eigenvalue weighted by Gasteiger charge is -2.25. The summed E-state index contributed by atoms with van der Waals surface area (Å²) < 4.78 is 0. The smallest absolute Gasteiger partial charge is 0.229 e. The predicted molar refractivity (Wildman–Crippen MR) is 74.8 cm³/mol. The molecule has 0 aromatic rings. The standard InChI is InChI=1S/C13H24N2OS/c1-3-6-10(11(14)17)12(16)15-9-13(2)7-4-5-8-13/h10H,3-9H2,1-2H3,(H2,14,17)(H,15,16). The lowest BCUT2D eigenvalue weighted by Crippen LogP contribution is -2.41. The molecule has 0 aromatic heterocycles. The van der Waals surface area contributed by atoms with Gasteiger partial charge in [0.05, 0.1) is 10.9 Å². The molecular weight excluding hydrogens is 232 g/mol. The summed E-state index contributed by atoms with van der Waals surface area (Å²) in [7, 11) is 0. The lowest BCUT2D eigenvalue weighted by molar-refractivity contribution is -0.123. The molecule has 1 amide bonds. The number of hydrogen-bond acceptors (Lipinski definition) is 2. The monoisotopic (exact) mass is 256 g/mol. The maximum atomic E-state index is 12.0. The Labute approximate surface area is 110 Å². The van der Waals surface area contributed by atoms with Crippen LogP contribution in [0.4, 0.5) is 0 Å². The third-order valence-corrected chi connectivity index (χ3v) is 4.02. The average molecular weight is 256 g/mol. The minimum atomic E-state index is -0.292. The molecule has 1 aliphatic rings. The molecule has 4 heteroatoms. The molecule has 1 atom stereocenters. The van der Waals surface area contributed by atoms with Crippen LogP contribution in [0.3, 0.4) is 0 Å². The zero-order valence-corrected chi connectivity index (χ0v) is 11.7. The van der Waals surface area contributed by atoms with Crippen LogP contribution in [0.15, 0.2) is 0 Å². The average Bonchev–Trinajstić information content (AvgIpc) is 2.70. The van der Waals surface area contributed by atoms with E-state index in [-0.39, 0.29) is 17.2 Å². The van der Waals surface area contributed by atoms with Crippen LogP contribution in [-0.2, 0) is 4.79 Å². The van der Waals surface area contributed by atoms with Gasteiger partial charge in [0.15, 0.2) is 0 Å². The first-order chi connectivity index (χ1) is 7.98. The van der Waals surface area contributed by atoms with E-state index in [4.69, 9.17) is 18.0 Å². The van der Waals surface area contributed by atoms with E-state index in [2.05, 4.69) is 12.2 Å². The second kappa shape index (κ2) is 6.34. The van der Waals surface area contributed by atoms with Crippen molar-refractivity contribution in [1.82, 2.24) is 5.32 Å². The van der Waals surface area contributed by atoms with Crippen LogP contribution >= 0.6 is 12.2 Å². The van der Waals surface area contributed by atoms with Crippen molar-refractivity contribution in [3.8, 4) is 0 Å². The number of thiocarbonyl (C=S) groups is 1. The maximum absolute atomic E-state index is 12.0. The zero-order chi connectivity index (χ0) is 12.9. The van der Waals surface area contributed by atoms with Crippen LogP contribution < -0.4 is 11.1 Å². The second-order valence-corrected chi connectivity index (χ2v) is 5.95. The van der Waals surface area contributed by atoms with Crippen molar-refractivity contribution >= 4 is 23.1 Å². The van der Waals surface area contributed by atoms with Gasteiger partial charge in [-0.1, -0.05) is 45.3 Å². The molecule has 3 N–H and O–H groups in total. The third-order valence-electron chi connectivity index (χ3n) is 3.74. The number of nitrogens with two attached hydrogens (primary N) is 1.